The van der Waals surface area contributed by atoms with Crippen molar-refractivity contribution in [2.75, 3.05) is 13.7 Å². The van der Waals surface area contributed by atoms with Crippen LogP contribution in [-0.2, 0) is 15.1 Å². The summed E-state index contributed by atoms with van der Waals surface area (Å²) < 4.78 is 11.7. The van der Waals surface area contributed by atoms with Crippen LogP contribution in [0.25, 0.3) is 0 Å². The molecule has 0 amide bonds. The van der Waals surface area contributed by atoms with E-state index in [9.17, 15) is 0 Å². The zero-order chi connectivity index (χ0) is 13.7. The van der Waals surface area contributed by atoms with E-state index in [1.54, 1.807) is 7.11 Å². The highest BCUT2D eigenvalue weighted by molar-refractivity contribution is 5.89. The van der Waals surface area contributed by atoms with E-state index in [1.807, 2.05) is 6.07 Å². The molecule has 102 valence electrons. The zero-order valence-electron chi connectivity index (χ0n) is 12.1. The third-order valence-corrected chi connectivity index (χ3v) is 4.40. The van der Waals surface area contributed by atoms with E-state index in [0.717, 1.165) is 12.3 Å². The summed E-state index contributed by atoms with van der Waals surface area (Å²) in [5.74, 6) is 0.850. The second-order valence-electron chi connectivity index (χ2n) is 6.42. The maximum Gasteiger partial charge on any atom is 0.193 e. The van der Waals surface area contributed by atoms with Crippen molar-refractivity contribution in [2.24, 2.45) is 10.4 Å². The quantitative estimate of drug-likeness (QED) is 0.835. The van der Waals surface area contributed by atoms with Gasteiger partial charge in [-0.05, 0) is 32.8 Å². The van der Waals surface area contributed by atoms with Crippen molar-refractivity contribution >= 4 is 5.90 Å². The minimum atomic E-state index is -0.284. The Hall–Kier alpha value is -1.35. The smallest absolute Gasteiger partial charge is 0.193 e. The van der Waals surface area contributed by atoms with E-state index in [-0.39, 0.29) is 16.6 Å². The molecule has 2 aliphatic rings. The van der Waals surface area contributed by atoms with Crippen molar-refractivity contribution in [1.29, 1.82) is 0 Å². The summed E-state index contributed by atoms with van der Waals surface area (Å²) in [6.45, 7) is 7.04. The largest absolute Gasteiger partial charge is 0.478 e. The highest BCUT2D eigenvalue weighted by Crippen LogP contribution is 2.66. The van der Waals surface area contributed by atoms with Crippen LogP contribution < -0.4 is 0 Å². The summed E-state index contributed by atoms with van der Waals surface area (Å²) in [5, 5.41) is 0. The SMILES string of the molecule is COC1(c2ccccc2)CC1(C)C1=NC(C)(C)CO1. The van der Waals surface area contributed by atoms with E-state index in [4.69, 9.17) is 14.5 Å². The Morgan fingerprint density at radius 1 is 1.16 bits per heavy atom. The van der Waals surface area contributed by atoms with Crippen LogP contribution in [0.4, 0.5) is 0 Å². The van der Waals surface area contributed by atoms with Gasteiger partial charge in [0.25, 0.3) is 0 Å². The van der Waals surface area contributed by atoms with Crippen LogP contribution >= 0.6 is 0 Å². The highest BCUT2D eigenvalue weighted by atomic mass is 16.5. The Labute approximate surface area is 114 Å². The average Bonchev–Trinajstić information content (AvgIpc) is 2.87. The van der Waals surface area contributed by atoms with Gasteiger partial charge in [0.05, 0.1) is 11.0 Å². The summed E-state index contributed by atoms with van der Waals surface area (Å²) in [6.07, 6.45) is 0.926. The predicted molar refractivity (Wildman–Crippen MR) is 75.3 cm³/mol. The van der Waals surface area contributed by atoms with Crippen molar-refractivity contribution in [3.05, 3.63) is 35.9 Å². The van der Waals surface area contributed by atoms with Crippen LogP contribution in [-0.4, -0.2) is 25.2 Å². The summed E-state index contributed by atoms with van der Waals surface area (Å²) in [6, 6.07) is 10.4. The molecule has 1 fully saturated rings. The maximum atomic E-state index is 5.87. The molecule has 2 unspecified atom stereocenters. The molecule has 19 heavy (non-hydrogen) atoms. The van der Waals surface area contributed by atoms with Gasteiger partial charge in [0.1, 0.15) is 12.2 Å². The van der Waals surface area contributed by atoms with Gasteiger partial charge in [-0.1, -0.05) is 30.3 Å². The normalized spacial score (nSPS) is 35.7. The van der Waals surface area contributed by atoms with Gasteiger partial charge in [0.2, 0.25) is 0 Å². The van der Waals surface area contributed by atoms with Crippen LogP contribution in [0.1, 0.15) is 32.8 Å². The topological polar surface area (TPSA) is 30.8 Å². The highest BCUT2D eigenvalue weighted by Gasteiger charge is 2.71. The van der Waals surface area contributed by atoms with Crippen LogP contribution in [0.5, 0.6) is 0 Å². The molecule has 3 heteroatoms. The second kappa shape index (κ2) is 3.83. The van der Waals surface area contributed by atoms with Crippen LogP contribution in [0.2, 0.25) is 0 Å². The Morgan fingerprint density at radius 2 is 1.84 bits per heavy atom. The van der Waals surface area contributed by atoms with Gasteiger partial charge < -0.3 is 9.47 Å². The van der Waals surface area contributed by atoms with Gasteiger partial charge >= 0.3 is 0 Å². The van der Waals surface area contributed by atoms with Crippen molar-refractivity contribution < 1.29 is 9.47 Å². The number of hydrogen-bond donors (Lipinski definition) is 0. The molecular weight excluding hydrogens is 238 g/mol. The first-order valence-electron chi connectivity index (χ1n) is 6.77. The molecule has 1 aliphatic heterocycles. The van der Waals surface area contributed by atoms with Crippen molar-refractivity contribution in [2.45, 2.75) is 38.3 Å². The van der Waals surface area contributed by atoms with Gasteiger partial charge in [-0.3, -0.25) is 0 Å². The lowest BCUT2D eigenvalue weighted by Crippen LogP contribution is -2.26. The average molecular weight is 259 g/mol. The standard InChI is InChI=1S/C16H21NO2/c1-14(2)11-19-13(17-14)15(3)10-16(15,18-4)12-8-6-5-7-9-12/h5-9H,10-11H2,1-4H3. The molecule has 0 radical (unpaired) electrons. The first-order chi connectivity index (χ1) is 8.94. The number of ether oxygens (including phenoxy) is 2. The molecule has 1 aromatic rings. The van der Waals surface area contributed by atoms with E-state index >= 15 is 0 Å². The zero-order valence-corrected chi connectivity index (χ0v) is 12.1. The van der Waals surface area contributed by atoms with Gasteiger partial charge in [-0.2, -0.15) is 0 Å². The molecule has 1 saturated carbocycles. The van der Waals surface area contributed by atoms with E-state index in [1.165, 1.54) is 5.56 Å². The number of methoxy groups -OCH3 is 1. The summed E-state index contributed by atoms with van der Waals surface area (Å²) in [5.41, 5.74) is 0.664. The maximum absolute atomic E-state index is 5.87. The number of hydrogen-bond acceptors (Lipinski definition) is 3. The molecule has 1 heterocycles. The minimum absolute atomic E-state index is 0.114. The first kappa shape index (κ1) is 12.7. The van der Waals surface area contributed by atoms with E-state index in [0.29, 0.717) is 6.61 Å². The lowest BCUT2D eigenvalue weighted by atomic mass is 9.97. The monoisotopic (exact) mass is 259 g/mol. The second-order valence-corrected chi connectivity index (χ2v) is 6.42. The molecule has 0 N–H and O–H groups in total. The third-order valence-electron chi connectivity index (χ3n) is 4.40. The minimum Gasteiger partial charge on any atom is -0.478 e. The van der Waals surface area contributed by atoms with Crippen LogP contribution in [0.3, 0.4) is 0 Å². The lowest BCUT2D eigenvalue weighted by molar-refractivity contribution is 0.0518. The molecule has 2 atom stereocenters. The fraction of sp³-hybridized carbons (Fsp3) is 0.562. The molecular formula is C16H21NO2. The summed E-state index contributed by atoms with van der Waals surface area (Å²) in [4.78, 5) is 4.74. The fourth-order valence-corrected chi connectivity index (χ4v) is 3.11. The predicted octanol–water partition coefficient (Wildman–Crippen LogP) is 3.15. The third kappa shape index (κ3) is 1.71. The van der Waals surface area contributed by atoms with Crippen molar-refractivity contribution in [3.63, 3.8) is 0 Å². The molecule has 1 aliphatic carbocycles. The van der Waals surface area contributed by atoms with Crippen molar-refractivity contribution in [1.82, 2.24) is 0 Å². The molecule has 3 nitrogen and oxygen atoms in total. The van der Waals surface area contributed by atoms with E-state index in [2.05, 4.69) is 45.0 Å². The summed E-state index contributed by atoms with van der Waals surface area (Å²) >= 11 is 0. The van der Waals surface area contributed by atoms with Gasteiger partial charge in [0, 0.05) is 7.11 Å². The number of aliphatic imine (C=N–C) groups is 1. The molecule has 1 aromatic carbocycles. The summed E-state index contributed by atoms with van der Waals surface area (Å²) in [7, 11) is 1.78. The molecule has 0 spiro atoms. The number of rotatable bonds is 3. The van der Waals surface area contributed by atoms with Gasteiger partial charge in [-0.25, -0.2) is 4.99 Å². The Bertz CT molecular complexity index is 523. The molecule has 0 bridgehead atoms. The van der Waals surface area contributed by atoms with Crippen LogP contribution in [0, 0.1) is 5.41 Å². The van der Waals surface area contributed by atoms with E-state index < -0.39 is 0 Å². The van der Waals surface area contributed by atoms with Gasteiger partial charge in [-0.15, -0.1) is 0 Å². The van der Waals surface area contributed by atoms with Crippen molar-refractivity contribution in [3.8, 4) is 0 Å². The Balaban J connectivity index is 1.97. The van der Waals surface area contributed by atoms with Gasteiger partial charge in [0.15, 0.2) is 5.90 Å². The molecule has 0 saturated heterocycles. The molecule has 3 rings (SSSR count). The molecule has 0 aromatic heterocycles. The number of nitrogens with zero attached hydrogens (tertiary/aromatic N) is 1. The lowest BCUT2D eigenvalue weighted by Gasteiger charge is -2.21. The number of benzene rings is 1. The fourth-order valence-electron chi connectivity index (χ4n) is 3.11. The van der Waals surface area contributed by atoms with Crippen LogP contribution in [0.15, 0.2) is 35.3 Å². The Morgan fingerprint density at radius 3 is 2.37 bits per heavy atom. The Kier molecular flexibility index (Phi) is 2.55. The first-order valence-corrected chi connectivity index (χ1v) is 6.77.